The van der Waals surface area contributed by atoms with Crippen molar-refractivity contribution in [2.45, 2.75) is 19.9 Å². The van der Waals surface area contributed by atoms with E-state index in [1.54, 1.807) is 18.0 Å². The Hall–Kier alpha value is -3.71. The normalized spacial score (nSPS) is 12.3. The van der Waals surface area contributed by atoms with E-state index in [9.17, 15) is 10.1 Å². The molecule has 0 aromatic carbocycles. The summed E-state index contributed by atoms with van der Waals surface area (Å²) in [5, 5.41) is 19.3. The molecule has 148 valence electrons. The van der Waals surface area contributed by atoms with E-state index in [1.807, 2.05) is 28.3 Å². The largest absolute Gasteiger partial charge is 0.483 e. The van der Waals surface area contributed by atoms with E-state index in [-0.39, 0.29) is 18.2 Å². The fraction of sp³-hybridized carbons (Fsp3) is 0.211. The van der Waals surface area contributed by atoms with Crippen molar-refractivity contribution in [1.82, 2.24) is 19.4 Å². The van der Waals surface area contributed by atoms with Crippen molar-refractivity contribution in [3.8, 4) is 22.5 Å². The summed E-state index contributed by atoms with van der Waals surface area (Å²) in [6.07, 6.45) is 4.27. The van der Waals surface area contributed by atoms with Crippen LogP contribution >= 0.6 is 11.3 Å². The lowest BCUT2D eigenvalue weighted by Gasteiger charge is -2.29. The van der Waals surface area contributed by atoms with Crippen LogP contribution < -0.4 is 5.73 Å². The molecule has 3 aromatic heterocycles. The number of carbonyl (C=O) groups is 2. The molecule has 1 aliphatic heterocycles. The van der Waals surface area contributed by atoms with E-state index in [1.165, 1.54) is 11.3 Å². The van der Waals surface area contributed by atoms with Gasteiger partial charge < -0.3 is 15.7 Å². The molecule has 3 N–H and O–H groups in total. The van der Waals surface area contributed by atoms with Gasteiger partial charge in [0.15, 0.2) is 5.13 Å². The molecule has 4 rings (SSSR count). The van der Waals surface area contributed by atoms with Crippen LogP contribution in [0.2, 0.25) is 0 Å². The van der Waals surface area contributed by atoms with Crippen LogP contribution in [0.15, 0.2) is 29.9 Å². The predicted molar refractivity (Wildman–Crippen MR) is 107 cm³/mol. The van der Waals surface area contributed by atoms with Crippen LogP contribution in [0.3, 0.4) is 0 Å². The average molecular weight is 410 g/mol. The Kier molecular flexibility index (Phi) is 5.90. The number of hydrogen-bond acceptors (Lipinski definition) is 7. The zero-order valence-electron chi connectivity index (χ0n) is 15.6. The first-order valence-electron chi connectivity index (χ1n) is 8.64. The second-order valence-electron chi connectivity index (χ2n) is 6.16. The predicted octanol–water partition coefficient (Wildman–Crippen LogP) is 2.06. The molecule has 10 heteroatoms. The van der Waals surface area contributed by atoms with Gasteiger partial charge in [0, 0.05) is 55.3 Å². The van der Waals surface area contributed by atoms with Crippen molar-refractivity contribution in [3.63, 3.8) is 0 Å². The van der Waals surface area contributed by atoms with Gasteiger partial charge in [0.05, 0.1) is 11.4 Å². The number of carbonyl (C=O) groups excluding carboxylic acids is 1. The molecule has 3 aromatic rings. The Morgan fingerprint density at radius 1 is 1.48 bits per heavy atom. The van der Waals surface area contributed by atoms with Crippen LogP contribution in [0.1, 0.15) is 23.7 Å². The monoisotopic (exact) mass is 410 g/mol. The number of anilines is 1. The Morgan fingerprint density at radius 2 is 2.24 bits per heavy atom. The van der Waals surface area contributed by atoms with Gasteiger partial charge in [0.25, 0.3) is 6.47 Å². The summed E-state index contributed by atoms with van der Waals surface area (Å²) in [7, 11) is 0. The number of rotatable bonds is 2. The number of hydrogen-bond donors (Lipinski definition) is 2. The Labute approximate surface area is 170 Å². The minimum absolute atomic E-state index is 0.00670. The van der Waals surface area contributed by atoms with E-state index in [2.05, 4.69) is 16.0 Å². The second-order valence-corrected chi connectivity index (χ2v) is 7.03. The topological polar surface area (TPSA) is 138 Å². The third-order valence-corrected chi connectivity index (χ3v) is 5.34. The van der Waals surface area contributed by atoms with Gasteiger partial charge in [-0.05, 0) is 12.1 Å². The lowest BCUT2D eigenvalue weighted by Crippen LogP contribution is -2.35. The van der Waals surface area contributed by atoms with Gasteiger partial charge >= 0.3 is 0 Å². The number of thiazole rings is 1. The van der Waals surface area contributed by atoms with Crippen molar-refractivity contribution in [2.24, 2.45) is 0 Å². The maximum absolute atomic E-state index is 11.9. The highest BCUT2D eigenvalue weighted by atomic mass is 32.1. The zero-order valence-corrected chi connectivity index (χ0v) is 16.4. The molecule has 4 heterocycles. The number of nitriles is 1. The smallest absolute Gasteiger partial charge is 0.290 e. The number of aromatic nitrogens is 3. The minimum atomic E-state index is -0.250. The third-order valence-electron chi connectivity index (χ3n) is 4.57. The van der Waals surface area contributed by atoms with Crippen molar-refractivity contribution < 1.29 is 14.7 Å². The van der Waals surface area contributed by atoms with Crippen LogP contribution in [0.4, 0.5) is 5.82 Å². The van der Waals surface area contributed by atoms with Gasteiger partial charge in [-0.15, -0.1) is 11.3 Å². The van der Waals surface area contributed by atoms with E-state index >= 15 is 0 Å². The highest BCUT2D eigenvalue weighted by Crippen LogP contribution is 2.36. The molecule has 0 radical (unpaired) electrons. The average Bonchev–Trinajstić information content (AvgIpc) is 3.38. The number of fused-ring (bicyclic) bond motifs is 1. The molecule has 1 amide bonds. The molecule has 0 aliphatic carbocycles. The Morgan fingerprint density at radius 3 is 2.86 bits per heavy atom. The van der Waals surface area contributed by atoms with Crippen molar-refractivity contribution in [3.05, 3.63) is 46.7 Å². The minimum Gasteiger partial charge on any atom is -0.483 e. The molecule has 0 atom stereocenters. The van der Waals surface area contributed by atoms with Crippen LogP contribution in [0.25, 0.3) is 16.4 Å². The van der Waals surface area contributed by atoms with Gasteiger partial charge in [0.1, 0.15) is 17.5 Å². The number of carboxylic acid groups (broad SMARTS) is 1. The molecule has 1 aliphatic rings. The maximum Gasteiger partial charge on any atom is 0.290 e. The first-order chi connectivity index (χ1) is 14.0. The number of nitrogens with two attached hydrogens (primary N) is 1. The van der Waals surface area contributed by atoms with E-state index in [4.69, 9.17) is 15.6 Å². The van der Waals surface area contributed by atoms with Gasteiger partial charge in [0.2, 0.25) is 5.91 Å². The first-order valence-corrected chi connectivity index (χ1v) is 9.52. The molecule has 29 heavy (non-hydrogen) atoms. The van der Waals surface area contributed by atoms with Crippen molar-refractivity contribution in [2.75, 3.05) is 12.3 Å². The number of pyridine rings is 1. The lowest BCUT2D eigenvalue weighted by atomic mass is 9.93. The molecule has 0 bridgehead atoms. The highest BCUT2D eigenvalue weighted by molar-refractivity contribution is 7.12. The summed E-state index contributed by atoms with van der Waals surface area (Å²) in [5.74, 6) is 0.233. The molecular formula is C19H18N6O3S. The molecular weight excluding hydrogens is 392 g/mol. The molecule has 9 nitrogen and oxygen atoms in total. The Balaban J connectivity index is 0.000000755. The second kappa shape index (κ2) is 8.53. The van der Waals surface area contributed by atoms with E-state index < -0.39 is 0 Å². The van der Waals surface area contributed by atoms with Gasteiger partial charge in [-0.2, -0.15) is 5.26 Å². The van der Waals surface area contributed by atoms with Gasteiger partial charge in [-0.1, -0.05) is 0 Å². The number of nitrogens with zero attached hydrogens (tertiary/aromatic N) is 5. The van der Waals surface area contributed by atoms with Crippen molar-refractivity contribution >= 4 is 29.5 Å². The summed E-state index contributed by atoms with van der Waals surface area (Å²) in [4.78, 5) is 30.8. The molecule has 0 fully saturated rings. The van der Waals surface area contributed by atoms with Gasteiger partial charge in [-0.3, -0.25) is 14.2 Å². The zero-order chi connectivity index (χ0) is 21.0. The SMILES string of the molecule is CC(=O)N1CCc2nc(N)c(C#N)c(-c3cccn3-c3nccs3)c2C1.O=CO. The molecule has 0 unspecified atom stereocenters. The standard InChI is InChI=1S/C18H16N6OS.CH2O2/c1-11(25)23-7-4-14-13(10-23)16(12(9-19)17(20)22-14)15-3-2-6-24(15)18-21-5-8-26-18;2-1-3/h2-3,5-6,8H,4,7,10H2,1H3,(H2,20,22);1H,(H,2,3). The molecule has 0 saturated carbocycles. The lowest BCUT2D eigenvalue weighted by molar-refractivity contribution is -0.129. The fourth-order valence-electron chi connectivity index (χ4n) is 3.33. The summed E-state index contributed by atoms with van der Waals surface area (Å²) in [6, 6.07) is 6.04. The highest BCUT2D eigenvalue weighted by Gasteiger charge is 2.27. The summed E-state index contributed by atoms with van der Waals surface area (Å²) in [6.45, 7) is 2.33. The Bertz CT molecular complexity index is 1080. The number of amides is 1. The van der Waals surface area contributed by atoms with Crippen LogP contribution in [-0.2, 0) is 22.6 Å². The van der Waals surface area contributed by atoms with Crippen LogP contribution in [0.5, 0.6) is 0 Å². The number of nitrogen functional groups attached to an aromatic ring is 1. The third kappa shape index (κ3) is 3.81. The fourth-order valence-corrected chi connectivity index (χ4v) is 3.97. The summed E-state index contributed by atoms with van der Waals surface area (Å²) in [5.41, 5.74) is 9.72. The van der Waals surface area contributed by atoms with E-state index in [0.717, 1.165) is 27.6 Å². The van der Waals surface area contributed by atoms with Crippen LogP contribution in [0, 0.1) is 11.3 Å². The maximum atomic E-state index is 11.9. The summed E-state index contributed by atoms with van der Waals surface area (Å²) >= 11 is 1.51. The first kappa shape index (κ1) is 20.0. The molecule has 0 saturated heterocycles. The molecule has 0 spiro atoms. The van der Waals surface area contributed by atoms with Crippen molar-refractivity contribution in [1.29, 1.82) is 5.26 Å². The van der Waals surface area contributed by atoms with E-state index in [0.29, 0.717) is 25.1 Å². The quantitative estimate of drug-likeness (QED) is 0.617. The van der Waals surface area contributed by atoms with Gasteiger partial charge in [-0.25, -0.2) is 9.97 Å². The summed E-state index contributed by atoms with van der Waals surface area (Å²) < 4.78 is 1.94. The van der Waals surface area contributed by atoms with Crippen LogP contribution in [-0.4, -0.2) is 43.5 Å².